The summed E-state index contributed by atoms with van der Waals surface area (Å²) in [7, 11) is 0. The lowest BCUT2D eigenvalue weighted by atomic mass is 9.76. The van der Waals surface area contributed by atoms with Gasteiger partial charge in [-0.3, -0.25) is 9.59 Å². The highest BCUT2D eigenvalue weighted by molar-refractivity contribution is 5.85. The molecule has 1 amide bonds. The highest BCUT2D eigenvalue weighted by Crippen LogP contribution is 2.31. The van der Waals surface area contributed by atoms with E-state index in [4.69, 9.17) is 0 Å². The van der Waals surface area contributed by atoms with Crippen molar-refractivity contribution in [3.63, 3.8) is 0 Å². The Morgan fingerprint density at radius 2 is 1.71 bits per heavy atom. The van der Waals surface area contributed by atoms with Crippen LogP contribution in [0.4, 0.5) is 0 Å². The molecule has 0 aliphatic rings. The van der Waals surface area contributed by atoms with Gasteiger partial charge in [-0.15, -0.1) is 0 Å². The van der Waals surface area contributed by atoms with Gasteiger partial charge in [-0.2, -0.15) is 0 Å². The summed E-state index contributed by atoms with van der Waals surface area (Å²) >= 11 is 0. The van der Waals surface area contributed by atoms with E-state index >= 15 is 0 Å². The van der Waals surface area contributed by atoms with Crippen molar-refractivity contribution in [2.45, 2.75) is 47.1 Å². The maximum atomic E-state index is 12.1. The zero-order valence-corrected chi connectivity index (χ0v) is 13.4. The standard InChI is InChI=1S/C17H25NO3/c1-11(2)17(5,16(20)21)10-15(19)18-13(4)14-8-6-12(3)7-9-14/h6-9,11,13H,10H2,1-5H3,(H,18,19)(H,20,21). The summed E-state index contributed by atoms with van der Waals surface area (Å²) in [6.07, 6.45) is -0.0177. The third kappa shape index (κ3) is 4.31. The third-order valence-electron chi connectivity index (χ3n) is 4.25. The van der Waals surface area contributed by atoms with Gasteiger partial charge < -0.3 is 10.4 Å². The van der Waals surface area contributed by atoms with Gasteiger partial charge in [-0.1, -0.05) is 43.7 Å². The Morgan fingerprint density at radius 1 is 1.19 bits per heavy atom. The number of hydrogen-bond donors (Lipinski definition) is 2. The number of aryl methyl sites for hydroxylation is 1. The van der Waals surface area contributed by atoms with Gasteiger partial charge in [0, 0.05) is 6.42 Å². The normalized spacial score (nSPS) is 15.3. The molecule has 0 aromatic heterocycles. The molecule has 1 aromatic rings. The molecule has 116 valence electrons. The fourth-order valence-corrected chi connectivity index (χ4v) is 2.09. The number of hydrogen-bond acceptors (Lipinski definition) is 2. The fourth-order valence-electron chi connectivity index (χ4n) is 2.09. The summed E-state index contributed by atoms with van der Waals surface area (Å²) in [6, 6.07) is 7.79. The van der Waals surface area contributed by atoms with E-state index in [0.717, 1.165) is 11.1 Å². The van der Waals surface area contributed by atoms with Crippen LogP contribution in [0.3, 0.4) is 0 Å². The summed E-state index contributed by atoms with van der Waals surface area (Å²) in [4.78, 5) is 23.6. The number of amides is 1. The second-order valence-corrected chi connectivity index (χ2v) is 6.25. The minimum Gasteiger partial charge on any atom is -0.481 e. The minimum absolute atomic E-state index is 0.0177. The topological polar surface area (TPSA) is 66.4 Å². The average molecular weight is 291 g/mol. The predicted octanol–water partition coefficient (Wildman–Crippen LogP) is 3.31. The van der Waals surface area contributed by atoms with E-state index in [1.165, 1.54) is 0 Å². The van der Waals surface area contributed by atoms with Crippen LogP contribution in [-0.4, -0.2) is 17.0 Å². The number of carboxylic acid groups (broad SMARTS) is 1. The summed E-state index contributed by atoms with van der Waals surface area (Å²) in [5.74, 6) is -1.28. The zero-order valence-electron chi connectivity index (χ0n) is 13.4. The number of rotatable bonds is 6. The first-order chi connectivity index (χ1) is 9.66. The minimum atomic E-state index is -1.04. The molecule has 2 atom stereocenters. The smallest absolute Gasteiger partial charge is 0.310 e. The van der Waals surface area contributed by atoms with Gasteiger partial charge in [-0.25, -0.2) is 0 Å². The first-order valence-corrected chi connectivity index (χ1v) is 7.26. The van der Waals surface area contributed by atoms with E-state index in [-0.39, 0.29) is 24.3 Å². The Hall–Kier alpha value is -1.84. The molecule has 0 fully saturated rings. The van der Waals surface area contributed by atoms with Crippen LogP contribution in [-0.2, 0) is 9.59 Å². The number of carbonyl (C=O) groups excluding carboxylic acids is 1. The Labute approximate surface area is 126 Å². The number of carboxylic acids is 1. The molecule has 4 nitrogen and oxygen atoms in total. The highest BCUT2D eigenvalue weighted by atomic mass is 16.4. The highest BCUT2D eigenvalue weighted by Gasteiger charge is 2.38. The van der Waals surface area contributed by atoms with E-state index in [9.17, 15) is 14.7 Å². The Kier molecular flexibility index (Phi) is 5.53. The van der Waals surface area contributed by atoms with Crippen molar-refractivity contribution in [2.75, 3.05) is 0 Å². The quantitative estimate of drug-likeness (QED) is 0.845. The molecule has 21 heavy (non-hydrogen) atoms. The van der Waals surface area contributed by atoms with Gasteiger partial charge >= 0.3 is 5.97 Å². The van der Waals surface area contributed by atoms with Crippen LogP contribution >= 0.6 is 0 Å². The zero-order chi connectivity index (χ0) is 16.2. The molecule has 0 heterocycles. The molecule has 0 radical (unpaired) electrons. The van der Waals surface area contributed by atoms with Crippen LogP contribution in [0, 0.1) is 18.3 Å². The molecule has 0 bridgehead atoms. The summed E-state index contributed by atoms with van der Waals surface area (Å²) < 4.78 is 0. The molecule has 0 saturated carbocycles. The lowest BCUT2D eigenvalue weighted by Crippen LogP contribution is -2.39. The van der Waals surface area contributed by atoms with Gasteiger partial charge in [0.25, 0.3) is 0 Å². The van der Waals surface area contributed by atoms with Crippen molar-refractivity contribution < 1.29 is 14.7 Å². The van der Waals surface area contributed by atoms with Crippen LogP contribution in [0.25, 0.3) is 0 Å². The molecule has 2 unspecified atom stereocenters. The average Bonchev–Trinajstić information content (AvgIpc) is 2.38. The second kappa shape index (κ2) is 6.74. The maximum Gasteiger partial charge on any atom is 0.310 e. The summed E-state index contributed by atoms with van der Waals surface area (Å²) in [6.45, 7) is 9.18. The van der Waals surface area contributed by atoms with Crippen LogP contribution in [0.15, 0.2) is 24.3 Å². The molecule has 4 heteroatoms. The number of aliphatic carboxylic acids is 1. The molecule has 1 aromatic carbocycles. The SMILES string of the molecule is Cc1ccc(C(C)NC(=O)CC(C)(C(=O)O)C(C)C)cc1. The fraction of sp³-hybridized carbons (Fsp3) is 0.529. The monoisotopic (exact) mass is 291 g/mol. The predicted molar refractivity (Wildman–Crippen MR) is 82.9 cm³/mol. The molecular weight excluding hydrogens is 266 g/mol. The summed E-state index contributed by atoms with van der Waals surface area (Å²) in [5, 5.41) is 12.2. The lowest BCUT2D eigenvalue weighted by Gasteiger charge is -2.29. The molecule has 1 rings (SSSR count). The molecule has 0 spiro atoms. The van der Waals surface area contributed by atoms with E-state index in [0.29, 0.717) is 0 Å². The first-order valence-electron chi connectivity index (χ1n) is 7.26. The molecular formula is C17H25NO3. The molecule has 2 N–H and O–H groups in total. The Morgan fingerprint density at radius 3 is 2.14 bits per heavy atom. The Bertz CT molecular complexity index is 507. The van der Waals surface area contributed by atoms with E-state index in [2.05, 4.69) is 5.32 Å². The van der Waals surface area contributed by atoms with Crippen molar-refractivity contribution in [1.82, 2.24) is 5.32 Å². The molecule has 0 aliphatic carbocycles. The van der Waals surface area contributed by atoms with Crippen molar-refractivity contribution in [2.24, 2.45) is 11.3 Å². The van der Waals surface area contributed by atoms with Gasteiger partial charge in [0.15, 0.2) is 0 Å². The van der Waals surface area contributed by atoms with Crippen molar-refractivity contribution in [3.05, 3.63) is 35.4 Å². The first kappa shape index (κ1) is 17.2. The van der Waals surface area contributed by atoms with Crippen LogP contribution in [0.2, 0.25) is 0 Å². The van der Waals surface area contributed by atoms with Crippen LogP contribution < -0.4 is 5.32 Å². The largest absolute Gasteiger partial charge is 0.481 e. The van der Waals surface area contributed by atoms with E-state index < -0.39 is 11.4 Å². The maximum absolute atomic E-state index is 12.1. The summed E-state index contributed by atoms with van der Waals surface area (Å²) in [5.41, 5.74) is 1.13. The van der Waals surface area contributed by atoms with Gasteiger partial charge in [0.2, 0.25) is 5.91 Å². The third-order valence-corrected chi connectivity index (χ3v) is 4.25. The number of benzene rings is 1. The van der Waals surface area contributed by atoms with Gasteiger partial charge in [-0.05, 0) is 32.3 Å². The molecule has 0 aliphatic heterocycles. The molecule has 0 saturated heterocycles. The van der Waals surface area contributed by atoms with Gasteiger partial charge in [0.1, 0.15) is 0 Å². The lowest BCUT2D eigenvalue weighted by molar-refractivity contribution is -0.153. The number of nitrogens with one attached hydrogen (secondary N) is 1. The van der Waals surface area contributed by atoms with Crippen molar-refractivity contribution in [1.29, 1.82) is 0 Å². The van der Waals surface area contributed by atoms with E-state index in [1.54, 1.807) is 6.92 Å². The van der Waals surface area contributed by atoms with E-state index in [1.807, 2.05) is 52.0 Å². The van der Waals surface area contributed by atoms with Crippen molar-refractivity contribution >= 4 is 11.9 Å². The van der Waals surface area contributed by atoms with Crippen molar-refractivity contribution in [3.8, 4) is 0 Å². The van der Waals surface area contributed by atoms with Gasteiger partial charge in [0.05, 0.1) is 11.5 Å². The second-order valence-electron chi connectivity index (χ2n) is 6.25. The number of carbonyl (C=O) groups is 2. The Balaban J connectivity index is 2.72. The van der Waals surface area contributed by atoms with Crippen LogP contribution in [0.5, 0.6) is 0 Å². The van der Waals surface area contributed by atoms with Crippen LogP contribution in [0.1, 0.15) is 51.3 Å².